The Morgan fingerprint density at radius 1 is 1.20 bits per heavy atom. The van der Waals surface area contributed by atoms with E-state index in [4.69, 9.17) is 4.74 Å². The Balaban J connectivity index is 1.62. The van der Waals surface area contributed by atoms with Crippen LogP contribution in [0.3, 0.4) is 0 Å². The van der Waals surface area contributed by atoms with Crippen molar-refractivity contribution < 1.29 is 18.7 Å². The lowest BCUT2D eigenvalue weighted by Crippen LogP contribution is -2.36. The summed E-state index contributed by atoms with van der Waals surface area (Å²) in [5.41, 5.74) is 2.23. The molecule has 1 heterocycles. The van der Waals surface area contributed by atoms with Crippen molar-refractivity contribution in [2.45, 2.75) is 19.8 Å². The smallest absolute Gasteiger partial charge is 0.224 e. The number of hydrogen-bond acceptors (Lipinski definition) is 3. The summed E-state index contributed by atoms with van der Waals surface area (Å²) in [6.45, 7) is 2.46. The molecule has 1 N–H and O–H groups in total. The number of ether oxygens (including phenoxy) is 1. The maximum atomic E-state index is 12.9. The van der Waals surface area contributed by atoms with E-state index in [1.807, 2.05) is 0 Å². The zero-order chi connectivity index (χ0) is 17.8. The monoisotopic (exact) mass is 342 g/mol. The van der Waals surface area contributed by atoms with Crippen LogP contribution in [0.1, 0.15) is 18.9 Å². The molecule has 0 saturated carbocycles. The van der Waals surface area contributed by atoms with Gasteiger partial charge in [0.2, 0.25) is 11.8 Å². The molecule has 5 nitrogen and oxygen atoms in total. The van der Waals surface area contributed by atoms with Crippen LogP contribution in [0.2, 0.25) is 0 Å². The minimum Gasteiger partial charge on any atom is -0.489 e. The highest BCUT2D eigenvalue weighted by Gasteiger charge is 2.21. The molecule has 0 aromatic heterocycles. The third-order valence-electron chi connectivity index (χ3n) is 4.04. The van der Waals surface area contributed by atoms with Crippen LogP contribution >= 0.6 is 0 Å². The fourth-order valence-corrected chi connectivity index (χ4v) is 2.76. The van der Waals surface area contributed by atoms with E-state index in [9.17, 15) is 14.0 Å². The largest absolute Gasteiger partial charge is 0.489 e. The fourth-order valence-electron chi connectivity index (χ4n) is 2.76. The standard InChI is InChI=1S/C19H19FN2O3/c1-13(23)22-10-11-25-18-12-16(7-8-17(18)22)21-19(24)9-4-14-2-5-15(20)6-3-14/h2-3,5-8,12H,4,9-11H2,1H3,(H,21,24). The number of benzene rings is 2. The molecule has 0 spiro atoms. The zero-order valence-electron chi connectivity index (χ0n) is 13.9. The van der Waals surface area contributed by atoms with Crippen LogP contribution in [0.5, 0.6) is 5.75 Å². The van der Waals surface area contributed by atoms with E-state index in [1.165, 1.54) is 19.1 Å². The number of rotatable bonds is 4. The second-order valence-corrected chi connectivity index (χ2v) is 5.88. The van der Waals surface area contributed by atoms with Crippen molar-refractivity contribution in [2.24, 2.45) is 0 Å². The topological polar surface area (TPSA) is 58.6 Å². The lowest BCUT2D eigenvalue weighted by Gasteiger charge is -2.29. The molecule has 0 atom stereocenters. The first-order chi connectivity index (χ1) is 12.0. The third-order valence-corrected chi connectivity index (χ3v) is 4.04. The Bertz CT molecular complexity index is 790. The second-order valence-electron chi connectivity index (χ2n) is 5.88. The van der Waals surface area contributed by atoms with Crippen LogP contribution < -0.4 is 15.0 Å². The number of fused-ring (bicyclic) bond motifs is 1. The Morgan fingerprint density at radius 2 is 1.96 bits per heavy atom. The molecular formula is C19H19FN2O3. The van der Waals surface area contributed by atoms with Gasteiger partial charge in [0.1, 0.15) is 18.2 Å². The fraction of sp³-hybridized carbons (Fsp3) is 0.263. The molecule has 2 aromatic rings. The van der Waals surface area contributed by atoms with Gasteiger partial charge in [0.15, 0.2) is 0 Å². The van der Waals surface area contributed by atoms with Gasteiger partial charge in [-0.2, -0.15) is 0 Å². The minimum atomic E-state index is -0.290. The van der Waals surface area contributed by atoms with E-state index in [1.54, 1.807) is 35.2 Å². The molecule has 1 aliphatic heterocycles. The van der Waals surface area contributed by atoms with Gasteiger partial charge >= 0.3 is 0 Å². The van der Waals surface area contributed by atoms with Gasteiger partial charge in [-0.15, -0.1) is 0 Å². The summed E-state index contributed by atoms with van der Waals surface area (Å²) < 4.78 is 18.5. The maximum absolute atomic E-state index is 12.9. The number of carbonyl (C=O) groups excluding carboxylic acids is 2. The van der Waals surface area contributed by atoms with Crippen molar-refractivity contribution in [3.63, 3.8) is 0 Å². The van der Waals surface area contributed by atoms with E-state index < -0.39 is 0 Å². The van der Waals surface area contributed by atoms with Gasteiger partial charge in [-0.05, 0) is 36.2 Å². The first kappa shape index (κ1) is 17.0. The van der Waals surface area contributed by atoms with Crippen LogP contribution in [0.25, 0.3) is 0 Å². The van der Waals surface area contributed by atoms with Crippen LogP contribution in [0.4, 0.5) is 15.8 Å². The molecule has 0 aliphatic carbocycles. The molecule has 3 rings (SSSR count). The lowest BCUT2D eigenvalue weighted by atomic mass is 10.1. The molecule has 0 radical (unpaired) electrons. The number of anilines is 2. The molecule has 0 unspecified atom stereocenters. The average molecular weight is 342 g/mol. The van der Waals surface area contributed by atoms with E-state index >= 15 is 0 Å². The first-order valence-electron chi connectivity index (χ1n) is 8.12. The summed E-state index contributed by atoms with van der Waals surface area (Å²) in [6, 6.07) is 11.4. The van der Waals surface area contributed by atoms with Gasteiger partial charge in [-0.25, -0.2) is 4.39 Å². The highest BCUT2D eigenvalue weighted by molar-refractivity contribution is 5.95. The van der Waals surface area contributed by atoms with Gasteiger partial charge in [-0.1, -0.05) is 12.1 Å². The minimum absolute atomic E-state index is 0.0411. The predicted molar refractivity (Wildman–Crippen MR) is 93.3 cm³/mol. The number of nitrogens with one attached hydrogen (secondary N) is 1. The van der Waals surface area contributed by atoms with Gasteiger partial charge < -0.3 is 15.0 Å². The third kappa shape index (κ3) is 4.15. The average Bonchev–Trinajstić information content (AvgIpc) is 2.60. The maximum Gasteiger partial charge on any atom is 0.224 e. The molecule has 2 amide bonds. The Labute approximate surface area is 145 Å². The number of hydrogen-bond donors (Lipinski definition) is 1. The zero-order valence-corrected chi connectivity index (χ0v) is 13.9. The molecule has 0 fully saturated rings. The SMILES string of the molecule is CC(=O)N1CCOc2cc(NC(=O)CCc3ccc(F)cc3)ccc21. The number of halogens is 1. The van der Waals surface area contributed by atoms with E-state index in [0.717, 1.165) is 5.56 Å². The van der Waals surface area contributed by atoms with E-state index in [-0.39, 0.29) is 17.6 Å². The Kier molecular flexibility index (Phi) is 4.97. The number of aryl methyl sites for hydroxylation is 1. The molecule has 6 heteroatoms. The first-order valence-corrected chi connectivity index (χ1v) is 8.12. The number of nitrogens with zero attached hydrogens (tertiary/aromatic N) is 1. The molecule has 0 bridgehead atoms. The lowest BCUT2D eigenvalue weighted by molar-refractivity contribution is -0.117. The van der Waals surface area contributed by atoms with Gasteiger partial charge in [-0.3, -0.25) is 9.59 Å². The van der Waals surface area contributed by atoms with Gasteiger partial charge in [0.05, 0.1) is 12.2 Å². The second kappa shape index (κ2) is 7.34. The van der Waals surface area contributed by atoms with Crippen molar-refractivity contribution >= 4 is 23.2 Å². The van der Waals surface area contributed by atoms with Crippen LogP contribution in [0, 0.1) is 5.82 Å². The summed E-state index contributed by atoms with van der Waals surface area (Å²) in [5, 5.41) is 2.82. The summed E-state index contributed by atoms with van der Waals surface area (Å²) in [5.74, 6) is 0.115. The van der Waals surface area contributed by atoms with Crippen LogP contribution in [0.15, 0.2) is 42.5 Å². The van der Waals surface area contributed by atoms with Crippen molar-refractivity contribution in [3.8, 4) is 5.75 Å². The summed E-state index contributed by atoms with van der Waals surface area (Å²) in [4.78, 5) is 25.4. The Morgan fingerprint density at radius 3 is 2.68 bits per heavy atom. The summed E-state index contributed by atoms with van der Waals surface area (Å²) in [6.07, 6.45) is 0.828. The highest BCUT2D eigenvalue weighted by Crippen LogP contribution is 2.34. The molecule has 1 aliphatic rings. The number of amides is 2. The molecule has 25 heavy (non-hydrogen) atoms. The van der Waals surface area contributed by atoms with E-state index in [2.05, 4.69) is 5.32 Å². The molecule has 0 saturated heterocycles. The molecule has 130 valence electrons. The predicted octanol–water partition coefficient (Wildman–Crippen LogP) is 3.14. The summed E-state index contributed by atoms with van der Waals surface area (Å²) in [7, 11) is 0. The Hall–Kier alpha value is -2.89. The van der Waals surface area contributed by atoms with Crippen molar-refractivity contribution in [2.75, 3.05) is 23.4 Å². The normalized spacial score (nSPS) is 13.0. The molecular weight excluding hydrogens is 323 g/mol. The van der Waals surface area contributed by atoms with Crippen LogP contribution in [-0.4, -0.2) is 25.0 Å². The van der Waals surface area contributed by atoms with Gasteiger partial charge in [0, 0.05) is 25.1 Å². The van der Waals surface area contributed by atoms with Gasteiger partial charge in [0.25, 0.3) is 0 Å². The number of carbonyl (C=O) groups is 2. The molecule has 2 aromatic carbocycles. The van der Waals surface area contributed by atoms with Crippen molar-refractivity contribution in [1.82, 2.24) is 0 Å². The van der Waals surface area contributed by atoms with E-state index in [0.29, 0.717) is 43.1 Å². The highest BCUT2D eigenvalue weighted by atomic mass is 19.1. The van der Waals surface area contributed by atoms with Crippen molar-refractivity contribution in [3.05, 3.63) is 53.8 Å². The van der Waals surface area contributed by atoms with Crippen LogP contribution in [-0.2, 0) is 16.0 Å². The van der Waals surface area contributed by atoms with Crippen molar-refractivity contribution in [1.29, 1.82) is 0 Å². The quantitative estimate of drug-likeness (QED) is 0.929. The summed E-state index contributed by atoms with van der Waals surface area (Å²) >= 11 is 0.